The number of hydrogen-bond acceptors (Lipinski definition) is 7. The van der Waals surface area contributed by atoms with Gasteiger partial charge in [0.2, 0.25) is 11.9 Å². The highest BCUT2D eigenvalue weighted by atomic mass is 16.3. The highest BCUT2D eigenvalue weighted by molar-refractivity contribution is 5.94. The van der Waals surface area contributed by atoms with Crippen molar-refractivity contribution in [3.8, 4) is 11.3 Å². The Balaban J connectivity index is 1.67. The Bertz CT molecular complexity index is 1210. The van der Waals surface area contributed by atoms with Crippen molar-refractivity contribution in [3.05, 3.63) is 83.3 Å². The van der Waals surface area contributed by atoms with E-state index in [1.807, 2.05) is 43.3 Å². The van der Waals surface area contributed by atoms with Crippen LogP contribution in [0.2, 0.25) is 0 Å². The summed E-state index contributed by atoms with van der Waals surface area (Å²) in [6.07, 6.45) is 3.78. The second-order valence-corrected chi connectivity index (χ2v) is 7.42. The van der Waals surface area contributed by atoms with Crippen molar-refractivity contribution in [2.24, 2.45) is 5.73 Å². The van der Waals surface area contributed by atoms with E-state index in [1.165, 1.54) is 0 Å². The van der Waals surface area contributed by atoms with Gasteiger partial charge in [-0.25, -0.2) is 9.97 Å². The molecule has 0 fully saturated rings. The summed E-state index contributed by atoms with van der Waals surface area (Å²) in [5, 5.41) is 23.9. The quantitative estimate of drug-likeness (QED) is 0.337. The maximum absolute atomic E-state index is 11.5. The summed E-state index contributed by atoms with van der Waals surface area (Å²) in [7, 11) is 0. The first-order valence-electron chi connectivity index (χ1n) is 10.1. The molecule has 0 aliphatic rings. The number of amides is 1. The third-order valence-electron chi connectivity index (χ3n) is 5.24. The van der Waals surface area contributed by atoms with Gasteiger partial charge in [0.1, 0.15) is 5.69 Å². The summed E-state index contributed by atoms with van der Waals surface area (Å²) < 4.78 is 0. The highest BCUT2D eigenvalue weighted by Gasteiger charge is 2.18. The number of aromatic amines is 1. The summed E-state index contributed by atoms with van der Waals surface area (Å²) in [6.45, 7) is 1.79. The number of carbonyl (C=O) groups is 1. The van der Waals surface area contributed by atoms with E-state index in [-0.39, 0.29) is 12.5 Å². The third kappa shape index (κ3) is 4.62. The van der Waals surface area contributed by atoms with Gasteiger partial charge in [-0.05, 0) is 42.7 Å². The number of aromatic nitrogens is 5. The zero-order chi connectivity index (χ0) is 22.5. The van der Waals surface area contributed by atoms with E-state index in [2.05, 4.69) is 25.7 Å². The van der Waals surface area contributed by atoms with E-state index in [1.54, 1.807) is 24.5 Å². The molecular formula is C23H23N7O2. The zero-order valence-electron chi connectivity index (χ0n) is 17.5. The van der Waals surface area contributed by atoms with Crippen LogP contribution >= 0.6 is 0 Å². The summed E-state index contributed by atoms with van der Waals surface area (Å²) in [4.78, 5) is 20.6. The van der Waals surface area contributed by atoms with Gasteiger partial charge in [0, 0.05) is 28.9 Å². The van der Waals surface area contributed by atoms with Gasteiger partial charge < -0.3 is 16.2 Å². The summed E-state index contributed by atoms with van der Waals surface area (Å²) in [5.41, 5.74) is 10.4. The van der Waals surface area contributed by atoms with E-state index >= 15 is 0 Å². The molecule has 2 aromatic heterocycles. The van der Waals surface area contributed by atoms with Crippen molar-refractivity contribution in [1.29, 1.82) is 0 Å². The number of hydrogen-bond donors (Lipinski definition) is 4. The maximum Gasteiger partial charge on any atom is 0.248 e. The number of aliphatic hydroxyl groups is 1. The van der Waals surface area contributed by atoms with Crippen LogP contribution in [0.25, 0.3) is 11.3 Å². The molecule has 162 valence electrons. The largest absolute Gasteiger partial charge is 0.396 e. The van der Waals surface area contributed by atoms with Crippen LogP contribution in [-0.4, -0.2) is 43.0 Å². The van der Waals surface area contributed by atoms with Crippen LogP contribution in [0.3, 0.4) is 0 Å². The molecular weight excluding hydrogens is 406 g/mol. The number of benzene rings is 2. The minimum absolute atomic E-state index is 0.0250. The fraction of sp³-hybridized carbons (Fsp3) is 0.174. The van der Waals surface area contributed by atoms with Gasteiger partial charge in [-0.1, -0.05) is 30.3 Å². The number of nitrogens with two attached hydrogens (primary N) is 1. The van der Waals surface area contributed by atoms with Crippen LogP contribution in [0, 0.1) is 6.92 Å². The molecule has 2 aromatic carbocycles. The molecule has 9 nitrogen and oxygen atoms in total. The number of H-pyrrole nitrogens is 1. The lowest BCUT2D eigenvalue weighted by atomic mass is 9.93. The Morgan fingerprint density at radius 3 is 2.66 bits per heavy atom. The van der Waals surface area contributed by atoms with Gasteiger partial charge in [0.25, 0.3) is 0 Å². The predicted molar refractivity (Wildman–Crippen MR) is 120 cm³/mol. The molecule has 0 saturated carbocycles. The van der Waals surface area contributed by atoms with Crippen molar-refractivity contribution in [2.45, 2.75) is 19.3 Å². The first-order valence-corrected chi connectivity index (χ1v) is 10.1. The monoisotopic (exact) mass is 429 g/mol. The first-order chi connectivity index (χ1) is 15.5. The Morgan fingerprint density at radius 1 is 1.19 bits per heavy atom. The maximum atomic E-state index is 11.5. The lowest BCUT2D eigenvalue weighted by Crippen LogP contribution is -2.13. The number of nitrogens with zero attached hydrogens (tertiary/aromatic N) is 4. The molecule has 4 aromatic rings. The number of rotatable bonds is 8. The average Bonchev–Trinajstić information content (AvgIpc) is 3.33. The van der Waals surface area contributed by atoms with E-state index in [0.29, 0.717) is 23.6 Å². The Morgan fingerprint density at radius 2 is 2.00 bits per heavy atom. The van der Waals surface area contributed by atoms with Crippen LogP contribution in [0.4, 0.5) is 11.6 Å². The van der Waals surface area contributed by atoms with Gasteiger partial charge in [-0.15, -0.1) is 0 Å². The predicted octanol–water partition coefficient (Wildman–Crippen LogP) is 2.73. The number of anilines is 2. The lowest BCUT2D eigenvalue weighted by molar-refractivity contribution is 0.0999. The molecule has 0 spiro atoms. The van der Waals surface area contributed by atoms with Gasteiger partial charge in [-0.2, -0.15) is 15.4 Å². The van der Waals surface area contributed by atoms with Crippen molar-refractivity contribution in [1.82, 2.24) is 25.4 Å². The Kier molecular flexibility index (Phi) is 6.18. The topological polar surface area (TPSA) is 143 Å². The average molecular weight is 429 g/mol. The van der Waals surface area contributed by atoms with E-state index in [9.17, 15) is 9.90 Å². The van der Waals surface area contributed by atoms with Crippen molar-refractivity contribution >= 4 is 17.5 Å². The minimum Gasteiger partial charge on any atom is -0.396 e. The molecule has 0 radical (unpaired) electrons. The molecule has 0 aliphatic heterocycles. The summed E-state index contributed by atoms with van der Waals surface area (Å²) in [5.74, 6) is -0.217. The summed E-state index contributed by atoms with van der Waals surface area (Å²) >= 11 is 0. The number of carbonyl (C=O) groups excluding carboxylic acids is 1. The molecule has 0 aliphatic carbocycles. The smallest absolute Gasteiger partial charge is 0.248 e. The van der Waals surface area contributed by atoms with Crippen molar-refractivity contribution in [3.63, 3.8) is 0 Å². The molecule has 5 N–H and O–H groups in total. The molecule has 0 bridgehead atoms. The van der Waals surface area contributed by atoms with Crippen molar-refractivity contribution < 1.29 is 9.90 Å². The highest BCUT2D eigenvalue weighted by Crippen LogP contribution is 2.27. The van der Waals surface area contributed by atoms with Gasteiger partial charge in [0.15, 0.2) is 0 Å². The molecule has 2 heterocycles. The van der Waals surface area contributed by atoms with Crippen LogP contribution in [0.15, 0.2) is 60.9 Å². The number of aryl methyl sites for hydroxylation is 1. The van der Waals surface area contributed by atoms with Crippen LogP contribution in [-0.2, 0) is 6.42 Å². The minimum atomic E-state index is -0.472. The van der Waals surface area contributed by atoms with E-state index in [4.69, 9.17) is 10.7 Å². The normalized spacial score (nSPS) is 11.8. The van der Waals surface area contributed by atoms with Gasteiger partial charge in [-0.3, -0.25) is 4.79 Å². The fourth-order valence-corrected chi connectivity index (χ4v) is 3.57. The second-order valence-electron chi connectivity index (χ2n) is 7.42. The van der Waals surface area contributed by atoms with Crippen LogP contribution in [0.5, 0.6) is 0 Å². The number of primary amides is 1. The summed E-state index contributed by atoms with van der Waals surface area (Å²) in [6, 6.07) is 15.0. The molecule has 32 heavy (non-hydrogen) atoms. The van der Waals surface area contributed by atoms with E-state index < -0.39 is 5.91 Å². The molecule has 0 saturated heterocycles. The lowest BCUT2D eigenvalue weighted by Gasteiger charge is -2.17. The van der Waals surface area contributed by atoms with Crippen LogP contribution in [0.1, 0.15) is 33.1 Å². The van der Waals surface area contributed by atoms with Crippen LogP contribution < -0.4 is 11.1 Å². The molecule has 9 heteroatoms. The molecule has 0 unspecified atom stereocenters. The standard InChI is InChI=1S/C23H23N7O2/c1-14-9-17(7-8-18(14)22(24)32)27-23-25-11-19(21-12-26-30-29-21)20(28-23)10-16(13-31)15-5-3-2-4-6-15/h2-9,11-12,16,31H,10,13H2,1H3,(H2,24,32)(H,25,27,28)(H,26,29,30)/t16-/m1/s1. The SMILES string of the molecule is Cc1cc(Nc2ncc(-c3cn[nH]n3)c(C[C@H](CO)c3ccccc3)n2)ccc1C(N)=O. The van der Waals surface area contributed by atoms with Gasteiger partial charge >= 0.3 is 0 Å². The zero-order valence-corrected chi connectivity index (χ0v) is 17.5. The molecule has 4 rings (SSSR count). The first kappa shape index (κ1) is 21.1. The molecule has 1 amide bonds. The number of nitrogens with one attached hydrogen (secondary N) is 2. The Labute approximate surface area is 184 Å². The Hall–Kier alpha value is -4.11. The van der Waals surface area contributed by atoms with E-state index in [0.717, 1.165) is 28.1 Å². The fourth-order valence-electron chi connectivity index (χ4n) is 3.57. The van der Waals surface area contributed by atoms with Crippen molar-refractivity contribution in [2.75, 3.05) is 11.9 Å². The number of aliphatic hydroxyl groups excluding tert-OH is 1. The third-order valence-corrected chi connectivity index (χ3v) is 5.24. The second kappa shape index (κ2) is 9.36. The van der Waals surface area contributed by atoms with Gasteiger partial charge in [0.05, 0.1) is 18.5 Å². The molecule has 1 atom stereocenters.